The lowest BCUT2D eigenvalue weighted by Crippen LogP contribution is -2.24. The van der Waals surface area contributed by atoms with Gasteiger partial charge in [-0.2, -0.15) is 5.10 Å². The first kappa shape index (κ1) is 20.3. The van der Waals surface area contributed by atoms with E-state index >= 15 is 0 Å². The Morgan fingerprint density at radius 2 is 1.83 bits per heavy atom. The summed E-state index contributed by atoms with van der Waals surface area (Å²) in [4.78, 5) is 13.1. The molecular formula is C22H20N2O4S. The maximum Gasteiger partial charge on any atom is 0.274 e. The van der Waals surface area contributed by atoms with E-state index in [1.165, 1.54) is 54.4 Å². The third kappa shape index (κ3) is 3.90. The highest BCUT2D eigenvalue weighted by molar-refractivity contribution is 7.91. The molecule has 0 amide bonds. The number of allylic oxidation sites excluding steroid dienone is 3. The van der Waals surface area contributed by atoms with Crippen LogP contribution in [0.15, 0.2) is 106 Å². The molecule has 6 nitrogen and oxygen atoms in total. The molecule has 148 valence electrons. The van der Waals surface area contributed by atoms with E-state index in [1.807, 2.05) is 0 Å². The zero-order valence-electron chi connectivity index (χ0n) is 15.9. The molecule has 0 bridgehead atoms. The first-order valence-corrected chi connectivity index (χ1v) is 10.2. The van der Waals surface area contributed by atoms with E-state index in [0.29, 0.717) is 22.1 Å². The quantitative estimate of drug-likeness (QED) is 0.442. The molecule has 29 heavy (non-hydrogen) atoms. The van der Waals surface area contributed by atoms with Gasteiger partial charge in [0.05, 0.1) is 35.0 Å². The Balaban J connectivity index is 2.07. The van der Waals surface area contributed by atoms with Gasteiger partial charge in [-0.1, -0.05) is 37.4 Å². The summed E-state index contributed by atoms with van der Waals surface area (Å²) in [5.74, 6) is 0.498. The smallest absolute Gasteiger partial charge is 0.274 e. The lowest BCUT2D eigenvalue weighted by Gasteiger charge is -2.11. The fourth-order valence-electron chi connectivity index (χ4n) is 2.93. The predicted molar refractivity (Wildman–Crippen MR) is 112 cm³/mol. The fourth-order valence-corrected chi connectivity index (χ4v) is 4.25. The second-order valence-corrected chi connectivity index (χ2v) is 8.12. The third-order valence-corrected chi connectivity index (χ3v) is 6.24. The van der Waals surface area contributed by atoms with Gasteiger partial charge in [-0.05, 0) is 36.4 Å². The second kappa shape index (κ2) is 8.28. The van der Waals surface area contributed by atoms with Crippen molar-refractivity contribution < 1.29 is 13.2 Å². The van der Waals surface area contributed by atoms with Gasteiger partial charge in [0.2, 0.25) is 9.84 Å². The van der Waals surface area contributed by atoms with Crippen LogP contribution in [0.2, 0.25) is 0 Å². The van der Waals surface area contributed by atoms with Crippen molar-refractivity contribution in [1.82, 2.24) is 9.78 Å². The number of hydrogen-bond donors (Lipinski definition) is 0. The van der Waals surface area contributed by atoms with E-state index in [9.17, 15) is 13.2 Å². The van der Waals surface area contributed by atoms with Crippen molar-refractivity contribution in [3.63, 3.8) is 0 Å². The molecule has 0 saturated heterocycles. The van der Waals surface area contributed by atoms with E-state index in [1.54, 1.807) is 24.3 Å². The molecule has 3 rings (SSSR count). The van der Waals surface area contributed by atoms with Crippen LogP contribution in [-0.2, 0) is 21.1 Å². The van der Waals surface area contributed by atoms with Gasteiger partial charge in [-0.25, -0.2) is 13.1 Å². The molecule has 1 heterocycles. The van der Waals surface area contributed by atoms with Crippen molar-refractivity contribution in [3.05, 3.63) is 102 Å². The Bertz CT molecular complexity index is 1270. The number of methoxy groups -OCH3 is 1. The Morgan fingerprint density at radius 3 is 2.45 bits per heavy atom. The van der Waals surface area contributed by atoms with Crippen LogP contribution >= 0.6 is 0 Å². The van der Waals surface area contributed by atoms with Gasteiger partial charge < -0.3 is 4.74 Å². The van der Waals surface area contributed by atoms with Gasteiger partial charge in [-0.3, -0.25) is 4.79 Å². The number of benzene rings is 2. The van der Waals surface area contributed by atoms with Crippen LogP contribution in [0.4, 0.5) is 0 Å². The van der Waals surface area contributed by atoms with Gasteiger partial charge in [0, 0.05) is 11.0 Å². The van der Waals surface area contributed by atoms with Gasteiger partial charge >= 0.3 is 0 Å². The maximum absolute atomic E-state index is 12.8. The van der Waals surface area contributed by atoms with Crippen LogP contribution in [-0.4, -0.2) is 25.3 Å². The Hall–Kier alpha value is -3.45. The highest BCUT2D eigenvalue weighted by Gasteiger charge is 2.18. The summed E-state index contributed by atoms with van der Waals surface area (Å²) in [5.41, 5.74) is 0.310. The molecule has 0 aliphatic heterocycles. The maximum atomic E-state index is 12.8. The zero-order valence-corrected chi connectivity index (χ0v) is 16.7. The Morgan fingerprint density at radius 1 is 1.10 bits per heavy atom. The molecular weight excluding hydrogens is 388 g/mol. The van der Waals surface area contributed by atoms with Gasteiger partial charge in [0.15, 0.2) is 0 Å². The predicted octanol–water partition coefficient (Wildman–Crippen LogP) is 3.50. The number of rotatable bonds is 7. The van der Waals surface area contributed by atoms with Crippen molar-refractivity contribution in [2.24, 2.45) is 0 Å². The van der Waals surface area contributed by atoms with Gasteiger partial charge in [0.1, 0.15) is 5.76 Å². The summed E-state index contributed by atoms with van der Waals surface area (Å²) in [6.45, 7) is 7.57. The Labute approximate surface area is 169 Å². The van der Waals surface area contributed by atoms with E-state index in [-0.39, 0.29) is 21.9 Å². The average molecular weight is 408 g/mol. The summed E-state index contributed by atoms with van der Waals surface area (Å²) in [6.07, 6.45) is 4.58. The normalized spacial score (nSPS) is 12.3. The Kier molecular flexibility index (Phi) is 5.79. The van der Waals surface area contributed by atoms with Crippen molar-refractivity contribution in [3.8, 4) is 0 Å². The monoisotopic (exact) mass is 408 g/mol. The van der Waals surface area contributed by atoms with Crippen molar-refractivity contribution in [2.45, 2.75) is 16.3 Å². The number of sulfone groups is 1. The highest BCUT2D eigenvalue weighted by atomic mass is 32.2. The number of nitrogens with zero attached hydrogens (tertiary/aromatic N) is 2. The molecule has 0 aliphatic rings. The second-order valence-electron chi connectivity index (χ2n) is 6.17. The molecule has 2 aromatic carbocycles. The first-order chi connectivity index (χ1) is 13.9. The van der Waals surface area contributed by atoms with Crippen LogP contribution < -0.4 is 5.56 Å². The fraction of sp³-hybridized carbons (Fsp3) is 0.0909. The van der Waals surface area contributed by atoms with Crippen molar-refractivity contribution in [1.29, 1.82) is 0 Å². The molecule has 0 radical (unpaired) electrons. The zero-order chi connectivity index (χ0) is 21.0. The van der Waals surface area contributed by atoms with Crippen LogP contribution in [0.3, 0.4) is 0 Å². The first-order valence-electron chi connectivity index (χ1n) is 8.74. The molecule has 0 spiro atoms. The van der Waals surface area contributed by atoms with E-state index in [2.05, 4.69) is 18.3 Å². The summed E-state index contributed by atoms with van der Waals surface area (Å²) >= 11 is 0. The van der Waals surface area contributed by atoms with Crippen LogP contribution in [0, 0.1) is 0 Å². The average Bonchev–Trinajstić information content (AvgIpc) is 2.75. The van der Waals surface area contributed by atoms with E-state index in [0.717, 1.165) is 0 Å². The molecule has 1 aromatic heterocycles. The van der Waals surface area contributed by atoms with Crippen LogP contribution in [0.5, 0.6) is 0 Å². The molecule has 0 N–H and O–H groups in total. The third-order valence-electron chi connectivity index (χ3n) is 4.48. The lowest BCUT2D eigenvalue weighted by molar-refractivity contribution is 0.301. The number of hydrogen-bond acceptors (Lipinski definition) is 5. The largest absolute Gasteiger partial charge is 0.496 e. The molecule has 3 aromatic rings. The number of aromatic nitrogens is 2. The van der Waals surface area contributed by atoms with Crippen molar-refractivity contribution in [2.75, 3.05) is 7.11 Å². The van der Waals surface area contributed by atoms with Crippen LogP contribution in [0.1, 0.15) is 0 Å². The summed E-state index contributed by atoms with van der Waals surface area (Å²) in [7, 11) is -2.17. The van der Waals surface area contributed by atoms with Gasteiger partial charge in [-0.15, -0.1) is 0 Å². The molecule has 0 saturated carbocycles. The molecule has 0 atom stereocenters. The minimum Gasteiger partial charge on any atom is -0.496 e. The van der Waals surface area contributed by atoms with Gasteiger partial charge in [0.25, 0.3) is 5.56 Å². The minimum atomic E-state index is -3.68. The number of fused-ring (bicyclic) bond motifs is 1. The summed E-state index contributed by atoms with van der Waals surface area (Å²) < 4.78 is 32.1. The van der Waals surface area contributed by atoms with Crippen LogP contribution in [0.25, 0.3) is 10.8 Å². The lowest BCUT2D eigenvalue weighted by atomic mass is 10.2. The molecule has 0 unspecified atom stereocenters. The summed E-state index contributed by atoms with van der Waals surface area (Å²) in [6, 6.07) is 12.5. The van der Waals surface area contributed by atoms with Crippen molar-refractivity contribution >= 4 is 20.6 Å². The number of ether oxygens (including phenoxy) is 1. The summed E-state index contributed by atoms with van der Waals surface area (Å²) in [5, 5.41) is 4.99. The molecule has 0 aliphatic carbocycles. The molecule has 7 heteroatoms. The minimum absolute atomic E-state index is 0.107. The SMILES string of the molecule is C=C/C(Cn1ncc2cc(S(=O)(=O)c3ccccc3)ccc2c1=O)=C(\C=C)OC. The standard InChI is InChI=1S/C22H20N2O4S/c1-4-16(21(5-2)28-3)15-24-22(25)20-12-11-19(13-17(20)14-23-24)29(26,27)18-9-7-6-8-10-18/h4-14H,1-2,15H2,3H3/b21-16-. The topological polar surface area (TPSA) is 78.3 Å². The van der Waals surface area contributed by atoms with E-state index in [4.69, 9.17) is 4.74 Å². The molecule has 0 fully saturated rings. The highest BCUT2D eigenvalue weighted by Crippen LogP contribution is 2.23. The van der Waals surface area contributed by atoms with E-state index < -0.39 is 9.84 Å².